The minimum atomic E-state index is -0.238. The van der Waals surface area contributed by atoms with Gasteiger partial charge in [0.1, 0.15) is 0 Å². The Bertz CT molecular complexity index is 281. The van der Waals surface area contributed by atoms with Crippen molar-refractivity contribution >= 4 is 12.4 Å². The average molecular weight is 226 g/mol. The molecule has 0 N–H and O–H groups in total. The Morgan fingerprint density at radius 1 is 1.31 bits per heavy atom. The largest absolute Gasteiger partial charge is 0.469 e. The fourth-order valence-electron chi connectivity index (χ4n) is 2.25. The fraction of sp³-hybridized carbons (Fsp3) is 0.818. The monoisotopic (exact) mass is 226 g/mol. The molecule has 0 aromatic carbocycles. The highest BCUT2D eigenvalue weighted by Crippen LogP contribution is 2.47. The first-order valence-corrected chi connectivity index (χ1v) is 5.70. The van der Waals surface area contributed by atoms with Gasteiger partial charge in [0.05, 0.1) is 12.5 Å². The van der Waals surface area contributed by atoms with Crippen molar-refractivity contribution in [1.29, 1.82) is 0 Å². The van der Waals surface area contributed by atoms with E-state index in [9.17, 15) is 9.59 Å². The van der Waals surface area contributed by atoms with E-state index in [4.69, 9.17) is 4.74 Å². The molecule has 0 radical (unpaired) electrons. The van der Waals surface area contributed by atoms with Crippen LogP contribution in [0.2, 0.25) is 0 Å². The average Bonchev–Trinajstić information content (AvgIpc) is 3.10. The molecule has 5 nitrogen and oxygen atoms in total. The van der Waals surface area contributed by atoms with Crippen LogP contribution in [0.5, 0.6) is 0 Å². The topological polar surface area (TPSA) is 49.9 Å². The van der Waals surface area contributed by atoms with Gasteiger partial charge in [-0.15, -0.1) is 0 Å². The summed E-state index contributed by atoms with van der Waals surface area (Å²) >= 11 is 0. The number of hydrogen-bond donors (Lipinski definition) is 0. The van der Waals surface area contributed by atoms with E-state index >= 15 is 0 Å². The Morgan fingerprint density at radius 2 is 1.94 bits per heavy atom. The van der Waals surface area contributed by atoms with Gasteiger partial charge in [0, 0.05) is 32.7 Å². The van der Waals surface area contributed by atoms with Crippen molar-refractivity contribution in [2.24, 2.45) is 5.41 Å². The van der Waals surface area contributed by atoms with Crippen molar-refractivity contribution in [3.05, 3.63) is 0 Å². The minimum absolute atomic E-state index is 0.0784. The van der Waals surface area contributed by atoms with Gasteiger partial charge in [-0.3, -0.25) is 14.5 Å². The van der Waals surface area contributed by atoms with E-state index in [1.165, 1.54) is 7.11 Å². The number of amides is 1. The third kappa shape index (κ3) is 2.19. The van der Waals surface area contributed by atoms with Crippen LogP contribution >= 0.6 is 0 Å². The third-order valence-corrected chi connectivity index (χ3v) is 3.55. The molecule has 90 valence electrons. The van der Waals surface area contributed by atoms with Crippen LogP contribution in [-0.4, -0.2) is 62.0 Å². The minimum Gasteiger partial charge on any atom is -0.469 e. The zero-order chi connectivity index (χ0) is 11.6. The molecule has 0 aromatic heterocycles. The molecule has 1 amide bonds. The molecule has 0 atom stereocenters. The van der Waals surface area contributed by atoms with Gasteiger partial charge in [0.15, 0.2) is 0 Å². The van der Waals surface area contributed by atoms with Crippen LogP contribution in [0.15, 0.2) is 0 Å². The van der Waals surface area contributed by atoms with Gasteiger partial charge in [0.2, 0.25) is 6.41 Å². The van der Waals surface area contributed by atoms with Gasteiger partial charge < -0.3 is 9.64 Å². The van der Waals surface area contributed by atoms with Crippen molar-refractivity contribution in [3.63, 3.8) is 0 Å². The third-order valence-electron chi connectivity index (χ3n) is 3.55. The normalized spacial score (nSPS) is 23.9. The fourth-order valence-corrected chi connectivity index (χ4v) is 2.25. The number of ether oxygens (including phenoxy) is 1. The second-order valence-corrected chi connectivity index (χ2v) is 4.69. The van der Waals surface area contributed by atoms with Crippen LogP contribution in [-0.2, 0) is 14.3 Å². The molecule has 1 saturated heterocycles. The van der Waals surface area contributed by atoms with E-state index in [2.05, 4.69) is 4.90 Å². The summed E-state index contributed by atoms with van der Waals surface area (Å²) in [5, 5.41) is 0. The van der Waals surface area contributed by atoms with E-state index in [0.717, 1.165) is 52.0 Å². The number of methoxy groups -OCH3 is 1. The SMILES string of the molecule is COC(=O)C1(CN2CCN(C=O)CC2)CC1. The molecule has 1 saturated carbocycles. The molecule has 0 bridgehead atoms. The van der Waals surface area contributed by atoms with Crippen LogP contribution in [0.3, 0.4) is 0 Å². The Kier molecular flexibility index (Phi) is 3.14. The molecule has 5 heteroatoms. The highest BCUT2D eigenvalue weighted by atomic mass is 16.5. The lowest BCUT2D eigenvalue weighted by Gasteiger charge is -2.34. The number of nitrogens with zero attached hydrogens (tertiary/aromatic N) is 2. The van der Waals surface area contributed by atoms with Crippen LogP contribution in [0.1, 0.15) is 12.8 Å². The summed E-state index contributed by atoms with van der Waals surface area (Å²) in [6.07, 6.45) is 2.77. The maximum Gasteiger partial charge on any atom is 0.313 e. The molecule has 2 rings (SSSR count). The van der Waals surface area contributed by atoms with Crippen molar-refractivity contribution in [1.82, 2.24) is 9.80 Å². The standard InChI is InChI=1S/C11H18N2O3/c1-16-10(15)11(2-3-11)8-12-4-6-13(9-14)7-5-12/h9H,2-8H2,1H3. The number of rotatable bonds is 4. The number of hydrogen-bond acceptors (Lipinski definition) is 4. The zero-order valence-electron chi connectivity index (χ0n) is 9.65. The molecular formula is C11H18N2O3. The summed E-state index contributed by atoms with van der Waals surface area (Å²) in [6.45, 7) is 4.03. The summed E-state index contributed by atoms with van der Waals surface area (Å²) in [7, 11) is 1.45. The maximum absolute atomic E-state index is 11.6. The van der Waals surface area contributed by atoms with Gasteiger partial charge in [-0.05, 0) is 12.8 Å². The molecule has 0 aromatic rings. The highest BCUT2D eigenvalue weighted by Gasteiger charge is 2.52. The first-order chi connectivity index (χ1) is 7.70. The van der Waals surface area contributed by atoms with Crippen LogP contribution in [0.4, 0.5) is 0 Å². The molecule has 2 fully saturated rings. The van der Waals surface area contributed by atoms with E-state index in [1.54, 1.807) is 4.90 Å². The lowest BCUT2D eigenvalue weighted by atomic mass is 10.1. The predicted molar refractivity (Wildman–Crippen MR) is 57.8 cm³/mol. The van der Waals surface area contributed by atoms with Gasteiger partial charge in [-0.25, -0.2) is 0 Å². The molecule has 2 aliphatic rings. The summed E-state index contributed by atoms with van der Waals surface area (Å²) in [6, 6.07) is 0. The first kappa shape index (κ1) is 11.4. The zero-order valence-corrected chi connectivity index (χ0v) is 9.65. The van der Waals surface area contributed by atoms with Crippen molar-refractivity contribution in [2.75, 3.05) is 39.8 Å². The summed E-state index contributed by atoms with van der Waals surface area (Å²) in [5.41, 5.74) is -0.238. The van der Waals surface area contributed by atoms with Crippen LogP contribution < -0.4 is 0 Å². The molecule has 1 aliphatic heterocycles. The van der Waals surface area contributed by atoms with E-state index < -0.39 is 0 Å². The number of esters is 1. The quantitative estimate of drug-likeness (QED) is 0.488. The van der Waals surface area contributed by atoms with Crippen LogP contribution in [0.25, 0.3) is 0 Å². The molecule has 16 heavy (non-hydrogen) atoms. The molecular weight excluding hydrogens is 208 g/mol. The van der Waals surface area contributed by atoms with E-state index in [0.29, 0.717) is 0 Å². The lowest BCUT2D eigenvalue weighted by molar-refractivity contribution is -0.148. The smallest absolute Gasteiger partial charge is 0.313 e. The van der Waals surface area contributed by atoms with Gasteiger partial charge in [0.25, 0.3) is 0 Å². The molecule has 1 aliphatic carbocycles. The van der Waals surface area contributed by atoms with Gasteiger partial charge in [-0.1, -0.05) is 0 Å². The Morgan fingerprint density at radius 3 is 2.38 bits per heavy atom. The number of carbonyl (C=O) groups excluding carboxylic acids is 2. The molecule has 0 unspecified atom stereocenters. The second kappa shape index (κ2) is 4.41. The van der Waals surface area contributed by atoms with Crippen LogP contribution in [0, 0.1) is 5.41 Å². The van der Waals surface area contributed by atoms with E-state index in [-0.39, 0.29) is 11.4 Å². The first-order valence-electron chi connectivity index (χ1n) is 5.70. The predicted octanol–water partition coefficient (Wildman–Crippen LogP) is -0.286. The summed E-state index contributed by atoms with van der Waals surface area (Å²) in [4.78, 5) is 26.2. The van der Waals surface area contributed by atoms with Crippen molar-refractivity contribution in [3.8, 4) is 0 Å². The van der Waals surface area contributed by atoms with E-state index in [1.807, 2.05) is 0 Å². The Balaban J connectivity index is 1.83. The number of carbonyl (C=O) groups is 2. The summed E-state index contributed by atoms with van der Waals surface area (Å²) < 4.78 is 4.83. The highest BCUT2D eigenvalue weighted by molar-refractivity contribution is 5.80. The maximum atomic E-state index is 11.6. The Hall–Kier alpha value is -1.10. The van der Waals surface area contributed by atoms with Gasteiger partial charge in [-0.2, -0.15) is 0 Å². The molecule has 1 heterocycles. The van der Waals surface area contributed by atoms with Gasteiger partial charge >= 0.3 is 5.97 Å². The Labute approximate surface area is 95.3 Å². The molecule has 0 spiro atoms. The lowest BCUT2D eigenvalue weighted by Crippen LogP contribution is -2.48. The number of piperazine rings is 1. The second-order valence-electron chi connectivity index (χ2n) is 4.69. The summed E-state index contributed by atoms with van der Waals surface area (Å²) in [5.74, 6) is -0.0784. The van der Waals surface area contributed by atoms with Crippen molar-refractivity contribution in [2.45, 2.75) is 12.8 Å². The van der Waals surface area contributed by atoms with Crippen molar-refractivity contribution < 1.29 is 14.3 Å².